The van der Waals surface area contributed by atoms with Crippen LogP contribution in [0.3, 0.4) is 0 Å². The van der Waals surface area contributed by atoms with E-state index < -0.39 is 17.7 Å². The Kier molecular flexibility index (Phi) is 4.30. The first-order valence-electron chi connectivity index (χ1n) is 6.20. The lowest BCUT2D eigenvalue weighted by molar-refractivity contribution is -0.137. The first-order valence-corrected chi connectivity index (χ1v) is 6.20. The van der Waals surface area contributed by atoms with E-state index in [1.54, 1.807) is 0 Å². The van der Waals surface area contributed by atoms with Crippen LogP contribution in [0.15, 0.2) is 36.7 Å². The summed E-state index contributed by atoms with van der Waals surface area (Å²) < 4.78 is 38.2. The number of aromatic nitrogens is 2. The third kappa shape index (κ3) is 3.72. The van der Waals surface area contributed by atoms with Gasteiger partial charge >= 0.3 is 12.1 Å². The Balaban J connectivity index is 2.36. The van der Waals surface area contributed by atoms with Crippen molar-refractivity contribution in [1.82, 2.24) is 9.97 Å². The zero-order valence-corrected chi connectivity index (χ0v) is 11.5. The number of hydrogen-bond donors (Lipinski definition) is 1. The number of nitrogens with zero attached hydrogens (tertiary/aromatic N) is 3. The van der Waals surface area contributed by atoms with E-state index in [9.17, 15) is 18.0 Å². The molecule has 22 heavy (non-hydrogen) atoms. The highest BCUT2D eigenvalue weighted by Crippen LogP contribution is 2.32. The molecule has 0 saturated carbocycles. The summed E-state index contributed by atoms with van der Waals surface area (Å²) in [6.07, 6.45) is -3.25. The van der Waals surface area contributed by atoms with Crippen LogP contribution in [-0.4, -0.2) is 34.6 Å². The summed E-state index contributed by atoms with van der Waals surface area (Å²) in [4.78, 5) is 19.9. The molecule has 0 aliphatic rings. The SMILES string of the molecule is CN(CC(=O)O)c1cc(-c2cccc(C(F)(F)F)c2)ncn1. The molecule has 0 atom stereocenters. The summed E-state index contributed by atoms with van der Waals surface area (Å²) in [7, 11) is 1.52. The molecular weight excluding hydrogens is 299 g/mol. The van der Waals surface area contributed by atoms with Gasteiger partial charge in [0.05, 0.1) is 11.3 Å². The fourth-order valence-corrected chi connectivity index (χ4v) is 1.85. The fraction of sp³-hybridized carbons (Fsp3) is 0.214. The molecule has 0 bridgehead atoms. The second-order valence-electron chi connectivity index (χ2n) is 4.59. The molecule has 2 aromatic rings. The molecular formula is C14H12F3N3O2. The lowest BCUT2D eigenvalue weighted by Gasteiger charge is -2.16. The molecule has 0 aliphatic carbocycles. The minimum Gasteiger partial charge on any atom is -0.480 e. The summed E-state index contributed by atoms with van der Waals surface area (Å²) >= 11 is 0. The maximum Gasteiger partial charge on any atom is 0.416 e. The fourth-order valence-electron chi connectivity index (χ4n) is 1.85. The highest BCUT2D eigenvalue weighted by atomic mass is 19.4. The summed E-state index contributed by atoms with van der Waals surface area (Å²) in [6.45, 7) is -0.279. The quantitative estimate of drug-likeness (QED) is 0.940. The average Bonchev–Trinajstić information content (AvgIpc) is 2.46. The molecule has 1 N–H and O–H groups in total. The van der Waals surface area contributed by atoms with Gasteiger partial charge in [0.1, 0.15) is 18.7 Å². The van der Waals surface area contributed by atoms with Gasteiger partial charge in [-0.1, -0.05) is 12.1 Å². The molecule has 0 radical (unpaired) electrons. The van der Waals surface area contributed by atoms with E-state index in [0.717, 1.165) is 12.1 Å². The number of hydrogen-bond acceptors (Lipinski definition) is 4. The van der Waals surface area contributed by atoms with Gasteiger partial charge in [-0.2, -0.15) is 13.2 Å². The Morgan fingerprint density at radius 3 is 2.64 bits per heavy atom. The zero-order valence-electron chi connectivity index (χ0n) is 11.5. The van der Waals surface area contributed by atoms with Crippen molar-refractivity contribution < 1.29 is 23.1 Å². The first-order chi connectivity index (χ1) is 10.3. The van der Waals surface area contributed by atoms with E-state index in [-0.39, 0.29) is 17.8 Å². The number of halogens is 3. The number of carboxylic acid groups (broad SMARTS) is 1. The molecule has 0 aliphatic heterocycles. The third-order valence-electron chi connectivity index (χ3n) is 2.90. The molecule has 0 fully saturated rings. The Morgan fingerprint density at radius 2 is 2.00 bits per heavy atom. The van der Waals surface area contributed by atoms with Crippen molar-refractivity contribution in [3.05, 3.63) is 42.2 Å². The van der Waals surface area contributed by atoms with Crippen LogP contribution in [0.2, 0.25) is 0 Å². The molecule has 116 valence electrons. The van der Waals surface area contributed by atoms with Crippen LogP contribution in [-0.2, 0) is 11.0 Å². The van der Waals surface area contributed by atoms with Crippen LogP contribution in [0.4, 0.5) is 19.0 Å². The predicted octanol–water partition coefficient (Wildman–Crippen LogP) is 2.68. The van der Waals surface area contributed by atoms with Crippen molar-refractivity contribution in [3.8, 4) is 11.3 Å². The number of benzene rings is 1. The smallest absolute Gasteiger partial charge is 0.416 e. The first kappa shape index (κ1) is 15.7. The van der Waals surface area contributed by atoms with Crippen molar-refractivity contribution in [2.45, 2.75) is 6.18 Å². The largest absolute Gasteiger partial charge is 0.480 e. The minimum absolute atomic E-state index is 0.279. The van der Waals surface area contributed by atoms with Gasteiger partial charge in [0.25, 0.3) is 0 Å². The number of rotatable bonds is 4. The average molecular weight is 311 g/mol. The van der Waals surface area contributed by atoms with Crippen molar-refractivity contribution in [2.75, 3.05) is 18.5 Å². The predicted molar refractivity (Wildman–Crippen MR) is 73.4 cm³/mol. The van der Waals surface area contributed by atoms with Crippen molar-refractivity contribution in [1.29, 1.82) is 0 Å². The zero-order chi connectivity index (χ0) is 16.3. The van der Waals surface area contributed by atoms with Crippen molar-refractivity contribution in [2.24, 2.45) is 0 Å². The highest BCUT2D eigenvalue weighted by Gasteiger charge is 2.30. The van der Waals surface area contributed by atoms with Gasteiger partial charge in [-0.05, 0) is 12.1 Å². The molecule has 0 spiro atoms. The summed E-state index contributed by atoms with van der Waals surface area (Å²) in [6, 6.07) is 6.20. The van der Waals surface area contributed by atoms with Gasteiger partial charge in [-0.25, -0.2) is 9.97 Å². The lowest BCUT2D eigenvalue weighted by atomic mass is 10.1. The normalized spacial score (nSPS) is 11.3. The Labute approximate surface area is 124 Å². The second kappa shape index (κ2) is 6.00. The van der Waals surface area contributed by atoms with Gasteiger partial charge in [0, 0.05) is 18.7 Å². The van der Waals surface area contributed by atoms with Crippen LogP contribution < -0.4 is 4.90 Å². The molecule has 1 heterocycles. The van der Waals surface area contributed by atoms with Crippen molar-refractivity contribution >= 4 is 11.8 Å². The van der Waals surface area contributed by atoms with E-state index in [4.69, 9.17) is 5.11 Å². The topological polar surface area (TPSA) is 66.3 Å². The minimum atomic E-state index is -4.44. The number of carbonyl (C=O) groups is 1. The van der Waals surface area contributed by atoms with Crippen LogP contribution in [0, 0.1) is 0 Å². The van der Waals surface area contributed by atoms with Crippen molar-refractivity contribution in [3.63, 3.8) is 0 Å². The number of alkyl halides is 3. The monoisotopic (exact) mass is 311 g/mol. The summed E-state index contributed by atoms with van der Waals surface area (Å²) in [5.41, 5.74) is -0.209. The number of aliphatic carboxylic acids is 1. The Morgan fingerprint density at radius 1 is 1.27 bits per heavy atom. The number of carboxylic acids is 1. The standard InChI is InChI=1S/C14H12F3N3O2/c1-20(7-13(21)22)12-6-11(18-8-19-12)9-3-2-4-10(5-9)14(15,16)17/h2-6,8H,7H2,1H3,(H,21,22). The van der Waals surface area contributed by atoms with Gasteiger partial charge in [0.15, 0.2) is 0 Å². The molecule has 1 aromatic heterocycles. The molecule has 0 amide bonds. The molecule has 1 aromatic carbocycles. The maximum absolute atomic E-state index is 12.7. The summed E-state index contributed by atoms with van der Waals surface area (Å²) in [5.74, 6) is -0.730. The van der Waals surface area contributed by atoms with E-state index in [2.05, 4.69) is 9.97 Å². The van der Waals surface area contributed by atoms with Crippen LogP contribution in [0.1, 0.15) is 5.56 Å². The van der Waals surface area contributed by atoms with Gasteiger partial charge < -0.3 is 10.0 Å². The van der Waals surface area contributed by atoms with Crippen LogP contribution in [0.5, 0.6) is 0 Å². The maximum atomic E-state index is 12.7. The third-order valence-corrected chi connectivity index (χ3v) is 2.90. The van der Waals surface area contributed by atoms with E-state index in [1.807, 2.05) is 0 Å². The molecule has 0 unspecified atom stereocenters. The van der Waals surface area contributed by atoms with Crippen LogP contribution >= 0.6 is 0 Å². The number of anilines is 1. The van der Waals surface area contributed by atoms with E-state index in [0.29, 0.717) is 5.82 Å². The molecule has 5 nitrogen and oxygen atoms in total. The molecule has 8 heteroatoms. The number of likely N-dealkylation sites (N-methyl/N-ethyl adjacent to an activating group) is 1. The Hall–Kier alpha value is -2.64. The van der Waals surface area contributed by atoms with E-state index in [1.165, 1.54) is 36.5 Å². The second-order valence-corrected chi connectivity index (χ2v) is 4.59. The lowest BCUT2D eigenvalue weighted by Crippen LogP contribution is -2.25. The van der Waals surface area contributed by atoms with Gasteiger partial charge in [-0.15, -0.1) is 0 Å². The van der Waals surface area contributed by atoms with Gasteiger partial charge in [0.2, 0.25) is 0 Å². The van der Waals surface area contributed by atoms with Gasteiger partial charge in [-0.3, -0.25) is 4.79 Å². The Bertz CT molecular complexity index is 689. The van der Waals surface area contributed by atoms with E-state index >= 15 is 0 Å². The summed E-state index contributed by atoms with van der Waals surface area (Å²) in [5, 5.41) is 8.75. The highest BCUT2D eigenvalue weighted by molar-refractivity contribution is 5.73. The molecule has 0 saturated heterocycles. The molecule has 2 rings (SSSR count). The van der Waals surface area contributed by atoms with Crippen LogP contribution in [0.25, 0.3) is 11.3 Å².